The Morgan fingerprint density at radius 1 is 1.14 bits per heavy atom. The fraction of sp³-hybridized carbons (Fsp3) is 0.333. The Hall–Kier alpha value is -2.36. The molecule has 0 bridgehead atoms. The normalized spacial score (nSPS) is 12.1. The van der Waals surface area contributed by atoms with Crippen molar-refractivity contribution in [2.24, 2.45) is 7.05 Å². The van der Waals surface area contributed by atoms with Crippen LogP contribution in [0, 0.1) is 0 Å². The smallest absolute Gasteiger partial charge is 0.312 e. The molecule has 0 spiro atoms. The number of benzene rings is 1. The lowest BCUT2D eigenvalue weighted by Gasteiger charge is -2.14. The summed E-state index contributed by atoms with van der Waals surface area (Å²) >= 11 is 0. The molecule has 4 heteroatoms. The minimum Gasteiger partial charge on any atom is -0.481 e. The zero-order valence-corrected chi connectivity index (χ0v) is 13.0. The van der Waals surface area contributed by atoms with Crippen molar-refractivity contribution < 1.29 is 14.7 Å². The number of rotatable bonds is 7. The zero-order valence-electron chi connectivity index (χ0n) is 13.0. The van der Waals surface area contributed by atoms with Crippen LogP contribution in [0.4, 0.5) is 0 Å². The Balaban J connectivity index is 2.32. The van der Waals surface area contributed by atoms with Gasteiger partial charge in [-0.25, -0.2) is 0 Å². The van der Waals surface area contributed by atoms with Crippen molar-refractivity contribution in [1.82, 2.24) is 4.57 Å². The van der Waals surface area contributed by atoms with Crippen LogP contribution in [0.2, 0.25) is 0 Å². The van der Waals surface area contributed by atoms with E-state index in [1.807, 2.05) is 25.1 Å². The molecule has 1 aromatic heterocycles. The molecule has 2 aromatic rings. The maximum absolute atomic E-state index is 12.5. The quantitative estimate of drug-likeness (QED) is 0.794. The summed E-state index contributed by atoms with van der Waals surface area (Å²) in [4.78, 5) is 24.0. The summed E-state index contributed by atoms with van der Waals surface area (Å²) in [6.07, 6.45) is 2.39. The number of carbonyl (C=O) groups excluding carboxylic acids is 1. The number of carboxylic acid groups (broad SMARTS) is 1. The number of aromatic nitrogens is 1. The highest BCUT2D eigenvalue weighted by Gasteiger charge is 2.24. The summed E-state index contributed by atoms with van der Waals surface area (Å²) in [5, 5.41) is 9.44. The van der Waals surface area contributed by atoms with Crippen molar-refractivity contribution in [1.29, 1.82) is 0 Å². The van der Waals surface area contributed by atoms with E-state index in [0.29, 0.717) is 23.4 Å². The summed E-state index contributed by atoms with van der Waals surface area (Å²) in [5.74, 6) is -1.50. The second kappa shape index (κ2) is 7.07. The van der Waals surface area contributed by atoms with Gasteiger partial charge in [-0.2, -0.15) is 0 Å². The predicted octanol–water partition coefficient (Wildman–Crippen LogP) is 3.61. The average Bonchev–Trinajstić information content (AvgIpc) is 2.89. The van der Waals surface area contributed by atoms with Crippen LogP contribution in [0.25, 0.3) is 0 Å². The lowest BCUT2D eigenvalue weighted by molar-refractivity contribution is -0.139. The molecule has 0 aliphatic heterocycles. The van der Waals surface area contributed by atoms with Gasteiger partial charge in [0, 0.05) is 18.3 Å². The van der Waals surface area contributed by atoms with Gasteiger partial charge in [-0.05, 0) is 18.6 Å². The molecule has 0 saturated carbocycles. The van der Waals surface area contributed by atoms with Crippen LogP contribution in [0.3, 0.4) is 0 Å². The van der Waals surface area contributed by atoms with E-state index >= 15 is 0 Å². The number of carbonyl (C=O) groups is 2. The van der Waals surface area contributed by atoms with Crippen molar-refractivity contribution >= 4 is 11.8 Å². The average molecular weight is 299 g/mol. The maximum Gasteiger partial charge on any atom is 0.312 e. The summed E-state index contributed by atoms with van der Waals surface area (Å²) in [6, 6.07) is 12.5. The maximum atomic E-state index is 12.5. The first-order valence-corrected chi connectivity index (χ1v) is 7.54. The van der Waals surface area contributed by atoms with E-state index in [2.05, 4.69) is 0 Å². The molecule has 0 saturated heterocycles. The van der Waals surface area contributed by atoms with Crippen molar-refractivity contribution in [3.05, 3.63) is 59.4 Å². The lowest BCUT2D eigenvalue weighted by Crippen LogP contribution is -2.17. The van der Waals surface area contributed by atoms with Crippen molar-refractivity contribution in [2.45, 2.75) is 32.1 Å². The zero-order chi connectivity index (χ0) is 16.1. The van der Waals surface area contributed by atoms with Gasteiger partial charge in [-0.15, -0.1) is 0 Å². The van der Waals surface area contributed by atoms with Crippen molar-refractivity contribution in [3.63, 3.8) is 0 Å². The van der Waals surface area contributed by atoms with Crippen LogP contribution < -0.4 is 0 Å². The van der Waals surface area contributed by atoms with Crippen LogP contribution in [-0.4, -0.2) is 21.4 Å². The Labute approximate surface area is 130 Å². The number of hydrogen-bond acceptors (Lipinski definition) is 2. The second-order valence-corrected chi connectivity index (χ2v) is 5.43. The van der Waals surface area contributed by atoms with E-state index in [4.69, 9.17) is 0 Å². The fourth-order valence-electron chi connectivity index (χ4n) is 2.65. The first-order valence-electron chi connectivity index (χ1n) is 7.54. The van der Waals surface area contributed by atoms with E-state index in [0.717, 1.165) is 12.8 Å². The largest absolute Gasteiger partial charge is 0.481 e. The van der Waals surface area contributed by atoms with Crippen molar-refractivity contribution in [3.8, 4) is 0 Å². The van der Waals surface area contributed by atoms with Gasteiger partial charge >= 0.3 is 5.97 Å². The fourth-order valence-corrected chi connectivity index (χ4v) is 2.65. The molecule has 1 heterocycles. The Morgan fingerprint density at radius 3 is 2.41 bits per heavy atom. The van der Waals surface area contributed by atoms with Gasteiger partial charge in [0.05, 0.1) is 11.6 Å². The summed E-state index contributed by atoms with van der Waals surface area (Å²) in [5.41, 5.74) is 1.81. The van der Waals surface area contributed by atoms with Crippen molar-refractivity contribution in [2.75, 3.05) is 0 Å². The van der Waals surface area contributed by atoms with Gasteiger partial charge in [0.1, 0.15) is 0 Å². The predicted molar refractivity (Wildman–Crippen MR) is 85.2 cm³/mol. The number of ketones is 1. The van der Waals surface area contributed by atoms with Gasteiger partial charge in [0.25, 0.3) is 0 Å². The third-order valence-electron chi connectivity index (χ3n) is 3.93. The molecule has 22 heavy (non-hydrogen) atoms. The Kier molecular flexibility index (Phi) is 5.15. The number of nitrogens with zero attached hydrogens (tertiary/aromatic N) is 1. The molecule has 0 amide bonds. The van der Waals surface area contributed by atoms with E-state index in [-0.39, 0.29) is 5.78 Å². The number of hydrogen-bond donors (Lipinski definition) is 1. The monoisotopic (exact) mass is 299 g/mol. The molecule has 1 atom stereocenters. The van der Waals surface area contributed by atoms with Gasteiger partial charge in [0.2, 0.25) is 5.78 Å². The molecule has 0 aliphatic carbocycles. The third-order valence-corrected chi connectivity index (χ3v) is 3.93. The molecule has 116 valence electrons. The van der Waals surface area contributed by atoms with Crippen LogP contribution in [0.15, 0.2) is 42.5 Å². The van der Waals surface area contributed by atoms with E-state index in [1.54, 1.807) is 35.9 Å². The van der Waals surface area contributed by atoms with E-state index < -0.39 is 11.9 Å². The molecular formula is C18H21NO3. The first kappa shape index (κ1) is 16.0. The topological polar surface area (TPSA) is 59.3 Å². The summed E-state index contributed by atoms with van der Waals surface area (Å²) in [6.45, 7) is 2.04. The first-order chi connectivity index (χ1) is 10.6. The molecule has 2 rings (SSSR count). The molecule has 0 aliphatic rings. The van der Waals surface area contributed by atoms with Gasteiger partial charge in [-0.3, -0.25) is 9.59 Å². The number of aliphatic carboxylic acids is 1. The molecule has 1 N–H and O–H groups in total. The van der Waals surface area contributed by atoms with E-state index in [9.17, 15) is 14.7 Å². The molecule has 4 nitrogen and oxygen atoms in total. The van der Waals surface area contributed by atoms with Crippen LogP contribution in [-0.2, 0) is 11.8 Å². The molecule has 0 radical (unpaired) electrons. The standard InChI is InChI=1S/C18H21NO3/c1-3-4-10-14(18(21)22)15-11-12-16(19(15)2)17(20)13-8-6-5-7-9-13/h5-9,11-12,14H,3-4,10H2,1-2H3,(H,21,22). The number of unbranched alkanes of at least 4 members (excludes halogenated alkanes) is 1. The van der Waals surface area contributed by atoms with Crippen LogP contribution in [0.5, 0.6) is 0 Å². The Bertz CT molecular complexity index is 658. The Morgan fingerprint density at radius 2 is 1.82 bits per heavy atom. The highest BCUT2D eigenvalue weighted by Crippen LogP contribution is 2.25. The molecule has 1 aromatic carbocycles. The SMILES string of the molecule is CCCCC(C(=O)O)c1ccc(C(=O)c2ccccc2)n1C. The van der Waals surface area contributed by atoms with Gasteiger partial charge in [-0.1, -0.05) is 50.1 Å². The van der Waals surface area contributed by atoms with Crippen LogP contribution in [0.1, 0.15) is 53.8 Å². The minimum absolute atomic E-state index is 0.0889. The molecule has 1 unspecified atom stereocenters. The molecular weight excluding hydrogens is 278 g/mol. The highest BCUT2D eigenvalue weighted by atomic mass is 16.4. The second-order valence-electron chi connectivity index (χ2n) is 5.43. The molecule has 0 fully saturated rings. The highest BCUT2D eigenvalue weighted by molar-refractivity contribution is 6.08. The number of carboxylic acids is 1. The summed E-state index contributed by atoms with van der Waals surface area (Å²) in [7, 11) is 1.76. The van der Waals surface area contributed by atoms with Gasteiger partial charge in [0.15, 0.2) is 0 Å². The summed E-state index contributed by atoms with van der Waals surface area (Å²) < 4.78 is 1.71. The lowest BCUT2D eigenvalue weighted by atomic mass is 9.99. The van der Waals surface area contributed by atoms with E-state index in [1.165, 1.54) is 0 Å². The van der Waals surface area contributed by atoms with Gasteiger partial charge < -0.3 is 9.67 Å². The van der Waals surface area contributed by atoms with Crippen LogP contribution >= 0.6 is 0 Å². The third kappa shape index (κ3) is 3.27. The minimum atomic E-state index is -0.839.